The van der Waals surface area contributed by atoms with Gasteiger partial charge in [-0.1, -0.05) is 0 Å². The van der Waals surface area contributed by atoms with Gasteiger partial charge in [-0.05, 0) is 25.0 Å². The molecule has 1 aromatic rings. The summed E-state index contributed by atoms with van der Waals surface area (Å²) in [5.41, 5.74) is 1.11. The summed E-state index contributed by atoms with van der Waals surface area (Å²) >= 11 is 2.18. The van der Waals surface area contributed by atoms with Crippen molar-refractivity contribution in [1.82, 2.24) is 8.51 Å². The van der Waals surface area contributed by atoms with Crippen molar-refractivity contribution < 1.29 is 9.53 Å². The number of nitrogens with one attached hydrogen (secondary N) is 1. The molecule has 0 aliphatic heterocycles. The molecule has 0 amide bonds. The normalized spacial score (nSPS) is 22.3. The molecule has 1 aliphatic carbocycles. The third-order valence-corrected chi connectivity index (χ3v) is 3.98. The van der Waals surface area contributed by atoms with Crippen molar-refractivity contribution in [3.05, 3.63) is 23.9 Å². The number of halogens is 1. The van der Waals surface area contributed by atoms with Gasteiger partial charge in [-0.3, -0.25) is 3.53 Å². The van der Waals surface area contributed by atoms with Crippen molar-refractivity contribution >= 4 is 28.6 Å². The van der Waals surface area contributed by atoms with Crippen LogP contribution in [0.2, 0.25) is 0 Å². The van der Waals surface area contributed by atoms with E-state index in [1.807, 2.05) is 12.1 Å². The smallest absolute Gasteiger partial charge is 0.213 e. The fourth-order valence-corrected chi connectivity index (χ4v) is 2.42. The van der Waals surface area contributed by atoms with Gasteiger partial charge in [-0.15, -0.1) is 0 Å². The van der Waals surface area contributed by atoms with E-state index in [1.54, 1.807) is 13.1 Å². The molecule has 0 aromatic carbocycles. The number of ether oxygens (including phenoxy) is 1. The van der Waals surface area contributed by atoms with Crippen molar-refractivity contribution in [2.24, 2.45) is 0 Å². The number of rotatable bonds is 6. The number of nitrogens with zero attached hydrogens (tertiary/aromatic N) is 1. The minimum absolute atomic E-state index is 0.212. The first-order chi connectivity index (χ1) is 8.67. The Bertz CT molecular complexity index is 419. The number of aromatic nitrogens is 1. The zero-order valence-corrected chi connectivity index (χ0v) is 12.5. The molecule has 0 saturated heterocycles. The van der Waals surface area contributed by atoms with Crippen LogP contribution in [0, 0.1) is 0 Å². The summed E-state index contributed by atoms with van der Waals surface area (Å²) < 4.78 is 8.98. The highest BCUT2D eigenvalue weighted by molar-refractivity contribution is 14.1. The third kappa shape index (κ3) is 3.91. The summed E-state index contributed by atoms with van der Waals surface area (Å²) in [5, 5.41) is 0. The van der Waals surface area contributed by atoms with Crippen LogP contribution in [0.5, 0.6) is 5.88 Å². The molecule has 1 N–H and O–H groups in total. The highest BCUT2D eigenvalue weighted by Gasteiger charge is 2.30. The number of hydrogen-bond donors (Lipinski definition) is 1. The summed E-state index contributed by atoms with van der Waals surface area (Å²) in [6.45, 7) is 1.62. The fourth-order valence-electron chi connectivity index (χ4n) is 1.91. The average molecular weight is 360 g/mol. The first-order valence-electron chi connectivity index (χ1n) is 6.14. The molecule has 1 aromatic heterocycles. The average Bonchev–Trinajstić information content (AvgIpc) is 2.31. The molecular formula is C13H17IN2O2. The molecule has 0 unspecified atom stereocenters. The second kappa shape index (κ2) is 6.47. The van der Waals surface area contributed by atoms with Crippen LogP contribution in [-0.4, -0.2) is 22.9 Å². The number of pyridine rings is 1. The molecule has 0 atom stereocenters. The quantitative estimate of drug-likeness (QED) is 0.626. The van der Waals surface area contributed by atoms with E-state index in [9.17, 15) is 4.79 Å². The Kier molecular flexibility index (Phi) is 4.94. The lowest BCUT2D eigenvalue weighted by Crippen LogP contribution is -2.43. The van der Waals surface area contributed by atoms with Crippen LogP contribution in [0.25, 0.3) is 0 Å². The molecule has 1 saturated carbocycles. The minimum Gasteiger partial charge on any atom is -0.474 e. The van der Waals surface area contributed by atoms with E-state index in [-0.39, 0.29) is 11.9 Å². The summed E-state index contributed by atoms with van der Waals surface area (Å²) in [7, 11) is 0. The van der Waals surface area contributed by atoms with E-state index < -0.39 is 0 Å². The summed E-state index contributed by atoms with van der Waals surface area (Å²) in [6, 6.07) is 4.44. The standard InChI is InChI=1S/C13H17IN2O2/c1-9(17)2-3-10-4-5-15-13(6-10)18-12-7-11(8-12)16-14/h4-6,11-12,16H,2-3,7-8H2,1H3. The van der Waals surface area contributed by atoms with Crippen molar-refractivity contribution in [1.29, 1.82) is 0 Å². The molecule has 5 heteroatoms. The number of carbonyl (C=O) groups is 1. The van der Waals surface area contributed by atoms with E-state index in [0.717, 1.165) is 24.8 Å². The summed E-state index contributed by atoms with van der Waals surface area (Å²) in [5.74, 6) is 0.886. The highest BCUT2D eigenvalue weighted by atomic mass is 127. The Balaban J connectivity index is 1.85. The van der Waals surface area contributed by atoms with Crippen LogP contribution in [0.1, 0.15) is 31.7 Å². The van der Waals surface area contributed by atoms with Gasteiger partial charge in [0, 0.05) is 60.4 Å². The van der Waals surface area contributed by atoms with Gasteiger partial charge in [0.25, 0.3) is 0 Å². The minimum atomic E-state index is 0.212. The highest BCUT2D eigenvalue weighted by Crippen LogP contribution is 2.26. The predicted octanol–water partition coefficient (Wildman–Crippen LogP) is 2.45. The molecule has 18 heavy (non-hydrogen) atoms. The Labute approximate surface area is 121 Å². The Morgan fingerprint density at radius 1 is 1.61 bits per heavy atom. The lowest BCUT2D eigenvalue weighted by Gasteiger charge is -2.33. The maximum Gasteiger partial charge on any atom is 0.213 e. The van der Waals surface area contributed by atoms with Gasteiger partial charge in [-0.2, -0.15) is 0 Å². The SMILES string of the molecule is CC(=O)CCc1ccnc(OC2CC(NI)C2)c1. The largest absolute Gasteiger partial charge is 0.474 e. The number of Topliss-reactive ketones (excluding diaryl/α,β-unsaturated/α-hetero) is 1. The number of carbonyl (C=O) groups excluding carboxylic acids is 1. The van der Waals surface area contributed by atoms with Crippen LogP contribution in [0.3, 0.4) is 0 Å². The Hall–Kier alpha value is -0.690. The van der Waals surface area contributed by atoms with Crippen LogP contribution in [-0.2, 0) is 11.2 Å². The number of hydrogen-bond acceptors (Lipinski definition) is 4. The Morgan fingerprint density at radius 3 is 3.06 bits per heavy atom. The van der Waals surface area contributed by atoms with Crippen molar-refractivity contribution in [2.45, 2.75) is 44.8 Å². The van der Waals surface area contributed by atoms with Crippen molar-refractivity contribution in [2.75, 3.05) is 0 Å². The molecule has 2 rings (SSSR count). The van der Waals surface area contributed by atoms with Crippen molar-refractivity contribution in [3.63, 3.8) is 0 Å². The molecule has 1 fully saturated rings. The summed E-state index contributed by atoms with van der Waals surface area (Å²) in [6.07, 6.45) is 5.42. The predicted molar refractivity (Wildman–Crippen MR) is 77.8 cm³/mol. The van der Waals surface area contributed by atoms with Crippen LogP contribution in [0.4, 0.5) is 0 Å². The fraction of sp³-hybridized carbons (Fsp3) is 0.538. The van der Waals surface area contributed by atoms with Gasteiger partial charge in [0.05, 0.1) is 0 Å². The van der Waals surface area contributed by atoms with Gasteiger partial charge in [0.1, 0.15) is 11.9 Å². The molecule has 0 bridgehead atoms. The molecule has 1 aliphatic rings. The van der Waals surface area contributed by atoms with Crippen LogP contribution < -0.4 is 8.27 Å². The molecule has 0 spiro atoms. The maximum absolute atomic E-state index is 10.9. The monoisotopic (exact) mass is 360 g/mol. The van der Waals surface area contributed by atoms with Crippen LogP contribution in [0.15, 0.2) is 18.3 Å². The van der Waals surface area contributed by atoms with E-state index in [4.69, 9.17) is 4.74 Å². The molecule has 98 valence electrons. The van der Waals surface area contributed by atoms with Gasteiger partial charge >= 0.3 is 0 Å². The lowest BCUT2D eigenvalue weighted by molar-refractivity contribution is -0.116. The van der Waals surface area contributed by atoms with E-state index in [0.29, 0.717) is 18.3 Å². The van der Waals surface area contributed by atoms with Gasteiger partial charge in [-0.25, -0.2) is 4.98 Å². The van der Waals surface area contributed by atoms with Crippen LogP contribution >= 0.6 is 22.9 Å². The molecule has 4 nitrogen and oxygen atoms in total. The first-order valence-corrected chi connectivity index (χ1v) is 7.22. The lowest BCUT2D eigenvalue weighted by atomic mass is 9.90. The van der Waals surface area contributed by atoms with Gasteiger partial charge in [0.15, 0.2) is 0 Å². The van der Waals surface area contributed by atoms with E-state index in [2.05, 4.69) is 31.4 Å². The second-order valence-electron chi connectivity index (χ2n) is 4.72. The third-order valence-electron chi connectivity index (χ3n) is 3.10. The Morgan fingerprint density at radius 2 is 2.39 bits per heavy atom. The molecule has 0 radical (unpaired) electrons. The van der Waals surface area contributed by atoms with Crippen molar-refractivity contribution in [3.8, 4) is 5.88 Å². The number of aryl methyl sites for hydroxylation is 1. The molecule has 1 heterocycles. The van der Waals surface area contributed by atoms with Gasteiger partial charge < -0.3 is 9.53 Å². The summed E-state index contributed by atoms with van der Waals surface area (Å²) in [4.78, 5) is 15.2. The maximum atomic E-state index is 10.9. The molecular weight excluding hydrogens is 343 g/mol. The first kappa shape index (κ1) is 13.7. The zero-order valence-electron chi connectivity index (χ0n) is 10.4. The second-order valence-corrected chi connectivity index (χ2v) is 5.34. The zero-order chi connectivity index (χ0) is 13.0. The van der Waals surface area contributed by atoms with E-state index >= 15 is 0 Å². The van der Waals surface area contributed by atoms with E-state index in [1.165, 1.54) is 0 Å². The number of ketones is 1. The van der Waals surface area contributed by atoms with Gasteiger partial charge in [0.2, 0.25) is 5.88 Å². The topological polar surface area (TPSA) is 51.2 Å².